The minimum Gasteiger partial charge on any atom is -0.378 e. The number of halogens is 2. The van der Waals surface area contributed by atoms with E-state index in [0.717, 1.165) is 44.8 Å². The predicted molar refractivity (Wildman–Crippen MR) is 124 cm³/mol. The quantitative estimate of drug-likeness (QED) is 0.588. The zero-order valence-electron chi connectivity index (χ0n) is 17.6. The second-order valence-corrected chi connectivity index (χ2v) is 9.27. The molecule has 3 aliphatic rings. The first-order chi connectivity index (χ1) is 15.1. The predicted octanol–water partition coefficient (Wildman–Crippen LogP) is 6.12. The number of nitrogens with zero attached hydrogens (tertiary/aromatic N) is 1. The van der Waals surface area contributed by atoms with Crippen LogP contribution in [0.1, 0.15) is 24.0 Å². The molecular formula is C26H28ClFN2O. The van der Waals surface area contributed by atoms with Crippen molar-refractivity contribution in [1.82, 2.24) is 4.90 Å². The summed E-state index contributed by atoms with van der Waals surface area (Å²) in [4.78, 5) is 2.55. The van der Waals surface area contributed by atoms with Crippen molar-refractivity contribution in [2.24, 2.45) is 11.8 Å². The summed E-state index contributed by atoms with van der Waals surface area (Å²) in [5.74, 6) is 0.739. The Kier molecular flexibility index (Phi) is 6.13. The van der Waals surface area contributed by atoms with Gasteiger partial charge in [-0.3, -0.25) is 4.90 Å². The van der Waals surface area contributed by atoms with Gasteiger partial charge in [0.15, 0.2) is 0 Å². The molecule has 1 aliphatic carbocycles. The molecule has 0 bridgehead atoms. The van der Waals surface area contributed by atoms with Crippen LogP contribution >= 0.6 is 11.6 Å². The van der Waals surface area contributed by atoms with Gasteiger partial charge in [0.25, 0.3) is 0 Å². The molecule has 3 atom stereocenters. The van der Waals surface area contributed by atoms with Crippen LogP contribution in [0.5, 0.6) is 0 Å². The Morgan fingerprint density at radius 3 is 2.68 bits per heavy atom. The first-order valence-corrected chi connectivity index (χ1v) is 11.5. The van der Waals surface area contributed by atoms with Crippen LogP contribution in [0.15, 0.2) is 60.7 Å². The Morgan fingerprint density at radius 1 is 1.06 bits per heavy atom. The van der Waals surface area contributed by atoms with Crippen LogP contribution < -0.4 is 5.32 Å². The molecule has 1 fully saturated rings. The molecule has 3 nitrogen and oxygen atoms in total. The molecule has 5 rings (SSSR count). The van der Waals surface area contributed by atoms with Gasteiger partial charge in [-0.25, -0.2) is 4.39 Å². The van der Waals surface area contributed by atoms with Crippen LogP contribution in [-0.2, 0) is 17.7 Å². The SMILES string of the molecule is Fc1cc(Cl)ccc1Nc1ccc2c(c1)CN(CC1C=CC=C[C@@H]1CC1CCO1)CC2. The number of anilines is 2. The fraction of sp³-hybridized carbons (Fsp3) is 0.385. The molecule has 2 aromatic carbocycles. The van der Waals surface area contributed by atoms with Crippen molar-refractivity contribution in [3.63, 3.8) is 0 Å². The van der Waals surface area contributed by atoms with E-state index in [9.17, 15) is 4.39 Å². The van der Waals surface area contributed by atoms with Gasteiger partial charge in [-0.05, 0) is 72.6 Å². The van der Waals surface area contributed by atoms with Crippen molar-refractivity contribution in [2.75, 3.05) is 25.0 Å². The summed E-state index contributed by atoms with van der Waals surface area (Å²) in [6.07, 6.45) is 12.9. The number of allylic oxidation sites excluding steroid dienone is 3. The average Bonchev–Trinajstić information content (AvgIpc) is 2.73. The molecule has 0 radical (unpaired) electrons. The fourth-order valence-electron chi connectivity index (χ4n) is 4.82. The van der Waals surface area contributed by atoms with E-state index in [2.05, 4.69) is 46.7 Å². The highest BCUT2D eigenvalue weighted by molar-refractivity contribution is 6.30. The topological polar surface area (TPSA) is 24.5 Å². The standard InChI is InChI=1S/C26H28ClFN2O/c27-22-6-8-26(25(28)15-22)29-23-7-5-18-9-11-30(17-21(18)13-23)16-20-4-2-1-3-19(20)14-24-10-12-31-24/h1-8,13,15,19-20,24,29H,9-12,14,16-17H2/t19-,20?,24?/m1/s1. The van der Waals surface area contributed by atoms with E-state index in [1.165, 1.54) is 23.6 Å². The van der Waals surface area contributed by atoms with Crippen LogP contribution in [-0.4, -0.2) is 30.7 Å². The molecule has 5 heteroatoms. The molecule has 162 valence electrons. The van der Waals surface area contributed by atoms with Gasteiger partial charge in [0.05, 0.1) is 11.8 Å². The maximum Gasteiger partial charge on any atom is 0.148 e. The Labute approximate surface area is 188 Å². The number of fused-ring (bicyclic) bond motifs is 1. The van der Waals surface area contributed by atoms with Crippen molar-refractivity contribution in [2.45, 2.75) is 31.9 Å². The zero-order valence-corrected chi connectivity index (χ0v) is 18.3. The number of ether oxygens (including phenoxy) is 1. The summed E-state index contributed by atoms with van der Waals surface area (Å²) in [5.41, 5.74) is 4.05. The number of benzene rings is 2. The third-order valence-corrected chi connectivity index (χ3v) is 6.92. The van der Waals surface area contributed by atoms with Gasteiger partial charge in [0, 0.05) is 37.0 Å². The molecule has 2 aliphatic heterocycles. The van der Waals surface area contributed by atoms with Crippen molar-refractivity contribution in [3.05, 3.63) is 82.7 Å². The van der Waals surface area contributed by atoms with Crippen LogP contribution in [0.3, 0.4) is 0 Å². The van der Waals surface area contributed by atoms with Crippen molar-refractivity contribution in [1.29, 1.82) is 0 Å². The summed E-state index contributed by atoms with van der Waals surface area (Å²) in [5, 5.41) is 3.60. The molecule has 0 saturated carbocycles. The van der Waals surface area contributed by atoms with Crippen LogP contribution in [0.2, 0.25) is 5.02 Å². The fourth-order valence-corrected chi connectivity index (χ4v) is 4.98. The van der Waals surface area contributed by atoms with Gasteiger partial charge in [-0.15, -0.1) is 0 Å². The molecule has 0 aromatic heterocycles. The third-order valence-electron chi connectivity index (χ3n) is 6.68. The molecule has 2 unspecified atom stereocenters. The molecule has 2 heterocycles. The summed E-state index contributed by atoms with van der Waals surface area (Å²) in [7, 11) is 0. The van der Waals surface area contributed by atoms with Crippen LogP contribution in [0, 0.1) is 17.7 Å². The Hall–Kier alpha value is -2.14. The van der Waals surface area contributed by atoms with E-state index in [1.54, 1.807) is 12.1 Å². The third kappa shape index (κ3) is 4.87. The Morgan fingerprint density at radius 2 is 1.90 bits per heavy atom. The second-order valence-electron chi connectivity index (χ2n) is 8.83. The lowest BCUT2D eigenvalue weighted by molar-refractivity contribution is -0.0628. The monoisotopic (exact) mass is 438 g/mol. The van der Waals surface area contributed by atoms with Crippen LogP contribution in [0.25, 0.3) is 0 Å². The molecule has 1 saturated heterocycles. The first-order valence-electron chi connectivity index (χ1n) is 11.2. The number of hydrogen-bond acceptors (Lipinski definition) is 3. The molecule has 0 spiro atoms. The minimum atomic E-state index is -0.342. The first kappa shape index (κ1) is 20.7. The van der Waals surface area contributed by atoms with Gasteiger partial charge in [0.1, 0.15) is 5.82 Å². The lowest BCUT2D eigenvalue weighted by Gasteiger charge is -2.36. The lowest BCUT2D eigenvalue weighted by atomic mass is 9.82. The highest BCUT2D eigenvalue weighted by atomic mass is 35.5. The van der Waals surface area contributed by atoms with Gasteiger partial charge >= 0.3 is 0 Å². The molecule has 0 amide bonds. The lowest BCUT2D eigenvalue weighted by Crippen LogP contribution is -2.38. The second kappa shape index (κ2) is 9.15. The van der Waals surface area contributed by atoms with Crippen molar-refractivity contribution in [3.8, 4) is 0 Å². The summed E-state index contributed by atoms with van der Waals surface area (Å²) in [6.45, 7) is 3.98. The van der Waals surface area contributed by atoms with E-state index in [4.69, 9.17) is 16.3 Å². The summed E-state index contributed by atoms with van der Waals surface area (Å²) in [6, 6.07) is 11.1. The number of nitrogens with one attached hydrogen (secondary N) is 1. The van der Waals surface area contributed by atoms with Gasteiger partial charge in [-0.2, -0.15) is 0 Å². The molecule has 1 N–H and O–H groups in total. The molecule has 2 aromatic rings. The largest absolute Gasteiger partial charge is 0.378 e. The van der Waals surface area contributed by atoms with E-state index in [-0.39, 0.29) is 5.82 Å². The summed E-state index contributed by atoms with van der Waals surface area (Å²) < 4.78 is 19.9. The average molecular weight is 439 g/mol. The van der Waals surface area contributed by atoms with Crippen molar-refractivity contribution < 1.29 is 9.13 Å². The number of hydrogen-bond donors (Lipinski definition) is 1. The minimum absolute atomic E-state index is 0.342. The molecular weight excluding hydrogens is 411 g/mol. The maximum absolute atomic E-state index is 14.2. The Bertz CT molecular complexity index is 1000. The normalized spacial score (nSPS) is 25.2. The highest BCUT2D eigenvalue weighted by Gasteiger charge is 2.28. The zero-order chi connectivity index (χ0) is 21.2. The van der Waals surface area contributed by atoms with E-state index < -0.39 is 0 Å². The van der Waals surface area contributed by atoms with Gasteiger partial charge in [-0.1, -0.05) is 42.0 Å². The maximum atomic E-state index is 14.2. The Balaban J connectivity index is 1.25. The van der Waals surface area contributed by atoms with E-state index in [0.29, 0.717) is 28.6 Å². The van der Waals surface area contributed by atoms with Crippen LogP contribution in [0.4, 0.5) is 15.8 Å². The van der Waals surface area contributed by atoms with Crippen molar-refractivity contribution >= 4 is 23.0 Å². The van der Waals surface area contributed by atoms with E-state index >= 15 is 0 Å². The smallest absolute Gasteiger partial charge is 0.148 e. The number of rotatable bonds is 6. The highest BCUT2D eigenvalue weighted by Crippen LogP contribution is 2.32. The van der Waals surface area contributed by atoms with Gasteiger partial charge < -0.3 is 10.1 Å². The summed E-state index contributed by atoms with van der Waals surface area (Å²) >= 11 is 5.87. The molecule has 31 heavy (non-hydrogen) atoms. The van der Waals surface area contributed by atoms with E-state index in [1.807, 2.05) is 6.07 Å². The van der Waals surface area contributed by atoms with Gasteiger partial charge in [0.2, 0.25) is 0 Å².